The van der Waals surface area contributed by atoms with Crippen molar-refractivity contribution < 1.29 is 0 Å². The highest BCUT2D eigenvalue weighted by molar-refractivity contribution is 5.46. The monoisotopic (exact) mass is 243 g/mol. The zero-order valence-corrected chi connectivity index (χ0v) is 10.5. The van der Waals surface area contributed by atoms with Crippen molar-refractivity contribution in [2.45, 2.75) is 19.8 Å². The molecule has 2 aromatic rings. The normalized spacial score (nSPS) is 19.5. The first kappa shape index (κ1) is 11.4. The molecule has 2 aromatic heterocycles. The van der Waals surface area contributed by atoms with E-state index in [0.29, 0.717) is 5.92 Å². The molecule has 1 unspecified atom stereocenters. The van der Waals surface area contributed by atoms with Gasteiger partial charge in [0.2, 0.25) is 0 Å². The predicted molar refractivity (Wildman–Crippen MR) is 70.9 cm³/mol. The Balaban J connectivity index is 2.03. The van der Waals surface area contributed by atoms with Crippen molar-refractivity contribution in [3.8, 4) is 0 Å². The maximum atomic E-state index is 12.0. The van der Waals surface area contributed by atoms with Crippen LogP contribution in [0.4, 0.5) is 0 Å². The van der Waals surface area contributed by atoms with Crippen LogP contribution in [-0.2, 0) is 6.42 Å². The standard InChI is InChI=1S/C14H17N3O/c1-10-3-2-6-17-13(18)8-12(16-14(10)17)7-11-4-5-15-9-11/h2-3,6,8,11,15H,4-5,7,9H2,1H3. The molecule has 1 atom stereocenters. The summed E-state index contributed by atoms with van der Waals surface area (Å²) in [6.45, 7) is 4.10. The van der Waals surface area contributed by atoms with Crippen LogP contribution in [0.3, 0.4) is 0 Å². The Morgan fingerprint density at radius 3 is 3.22 bits per heavy atom. The van der Waals surface area contributed by atoms with E-state index >= 15 is 0 Å². The average molecular weight is 243 g/mol. The van der Waals surface area contributed by atoms with Gasteiger partial charge in [-0.2, -0.15) is 0 Å². The maximum absolute atomic E-state index is 12.0. The third kappa shape index (κ3) is 2.04. The van der Waals surface area contributed by atoms with E-state index in [9.17, 15) is 4.79 Å². The summed E-state index contributed by atoms with van der Waals surface area (Å²) in [4.78, 5) is 16.7. The van der Waals surface area contributed by atoms with Gasteiger partial charge >= 0.3 is 0 Å². The smallest absolute Gasteiger partial charge is 0.258 e. The number of hydrogen-bond donors (Lipinski definition) is 1. The highest BCUT2D eigenvalue weighted by Crippen LogP contribution is 2.14. The minimum atomic E-state index is 0.0182. The molecule has 3 heterocycles. The van der Waals surface area contributed by atoms with Gasteiger partial charge in [0.1, 0.15) is 5.65 Å². The highest BCUT2D eigenvalue weighted by Gasteiger charge is 2.16. The Labute approximate surface area is 106 Å². The number of nitrogens with zero attached hydrogens (tertiary/aromatic N) is 2. The summed E-state index contributed by atoms with van der Waals surface area (Å²) in [5.74, 6) is 0.614. The van der Waals surface area contributed by atoms with Crippen LogP contribution < -0.4 is 10.9 Å². The molecule has 1 saturated heterocycles. The molecule has 0 spiro atoms. The second-order valence-electron chi connectivity index (χ2n) is 5.03. The lowest BCUT2D eigenvalue weighted by atomic mass is 10.0. The van der Waals surface area contributed by atoms with Crippen LogP contribution in [-0.4, -0.2) is 22.5 Å². The van der Waals surface area contributed by atoms with Gasteiger partial charge in [-0.05, 0) is 50.4 Å². The molecule has 18 heavy (non-hydrogen) atoms. The van der Waals surface area contributed by atoms with E-state index in [1.807, 2.05) is 19.1 Å². The van der Waals surface area contributed by atoms with Crippen LogP contribution in [0, 0.1) is 12.8 Å². The largest absolute Gasteiger partial charge is 0.316 e. The molecule has 0 aliphatic carbocycles. The van der Waals surface area contributed by atoms with Gasteiger partial charge in [0.15, 0.2) is 0 Å². The molecule has 3 rings (SSSR count). The second kappa shape index (κ2) is 4.53. The third-order valence-corrected chi connectivity index (χ3v) is 3.60. The molecule has 0 bridgehead atoms. The molecule has 1 aliphatic rings. The molecule has 0 aromatic carbocycles. The van der Waals surface area contributed by atoms with Gasteiger partial charge in [-0.1, -0.05) is 6.07 Å². The molecule has 0 amide bonds. The summed E-state index contributed by atoms with van der Waals surface area (Å²) in [6, 6.07) is 5.54. The average Bonchev–Trinajstić information content (AvgIpc) is 2.83. The van der Waals surface area contributed by atoms with Crippen LogP contribution in [0.15, 0.2) is 29.2 Å². The number of aromatic nitrogens is 2. The summed E-state index contributed by atoms with van der Waals surface area (Å²) in [5.41, 5.74) is 2.76. The first-order chi connectivity index (χ1) is 8.74. The number of pyridine rings is 1. The molecule has 4 nitrogen and oxygen atoms in total. The van der Waals surface area contributed by atoms with E-state index < -0.39 is 0 Å². The lowest BCUT2D eigenvalue weighted by Crippen LogP contribution is -2.18. The summed E-state index contributed by atoms with van der Waals surface area (Å²) in [5, 5.41) is 3.34. The van der Waals surface area contributed by atoms with Gasteiger partial charge in [0, 0.05) is 18.0 Å². The highest BCUT2D eigenvalue weighted by atomic mass is 16.1. The fourth-order valence-electron chi connectivity index (χ4n) is 2.60. The molecule has 1 aliphatic heterocycles. The Morgan fingerprint density at radius 2 is 2.44 bits per heavy atom. The van der Waals surface area contributed by atoms with Crippen molar-refractivity contribution >= 4 is 5.65 Å². The number of hydrogen-bond acceptors (Lipinski definition) is 3. The van der Waals surface area contributed by atoms with E-state index in [2.05, 4.69) is 10.3 Å². The molecule has 1 N–H and O–H groups in total. The summed E-state index contributed by atoms with van der Waals surface area (Å²) in [6.07, 6.45) is 3.85. The molecular weight excluding hydrogens is 226 g/mol. The van der Waals surface area contributed by atoms with Crippen molar-refractivity contribution in [1.82, 2.24) is 14.7 Å². The zero-order chi connectivity index (χ0) is 12.5. The Bertz CT molecular complexity index is 626. The van der Waals surface area contributed by atoms with Crippen molar-refractivity contribution in [3.63, 3.8) is 0 Å². The molecule has 0 saturated carbocycles. The minimum absolute atomic E-state index is 0.0182. The predicted octanol–water partition coefficient (Wildman–Crippen LogP) is 1.15. The van der Waals surface area contributed by atoms with Crippen molar-refractivity contribution in [2.24, 2.45) is 5.92 Å². The van der Waals surface area contributed by atoms with E-state index in [4.69, 9.17) is 0 Å². The number of aryl methyl sites for hydroxylation is 1. The van der Waals surface area contributed by atoms with E-state index in [0.717, 1.165) is 36.4 Å². The topological polar surface area (TPSA) is 46.4 Å². The van der Waals surface area contributed by atoms with Crippen molar-refractivity contribution in [2.75, 3.05) is 13.1 Å². The summed E-state index contributed by atoms with van der Waals surface area (Å²) in [7, 11) is 0. The molecule has 1 fully saturated rings. The van der Waals surface area contributed by atoms with Gasteiger partial charge < -0.3 is 5.32 Å². The van der Waals surface area contributed by atoms with E-state index in [-0.39, 0.29) is 5.56 Å². The van der Waals surface area contributed by atoms with Gasteiger partial charge in [-0.3, -0.25) is 9.20 Å². The van der Waals surface area contributed by atoms with Crippen LogP contribution >= 0.6 is 0 Å². The zero-order valence-electron chi connectivity index (χ0n) is 10.5. The number of fused-ring (bicyclic) bond motifs is 1. The van der Waals surface area contributed by atoms with Gasteiger partial charge in [0.25, 0.3) is 5.56 Å². The van der Waals surface area contributed by atoms with Gasteiger partial charge in [0.05, 0.1) is 0 Å². The quantitative estimate of drug-likeness (QED) is 0.861. The van der Waals surface area contributed by atoms with Crippen molar-refractivity contribution in [1.29, 1.82) is 0 Å². The van der Waals surface area contributed by atoms with Crippen molar-refractivity contribution in [3.05, 3.63) is 46.0 Å². The number of nitrogens with one attached hydrogen (secondary N) is 1. The third-order valence-electron chi connectivity index (χ3n) is 3.60. The molecule has 0 radical (unpaired) electrons. The fraction of sp³-hybridized carbons (Fsp3) is 0.429. The van der Waals surface area contributed by atoms with Crippen LogP contribution in [0.2, 0.25) is 0 Å². The van der Waals surface area contributed by atoms with E-state index in [1.165, 1.54) is 6.42 Å². The number of rotatable bonds is 2. The van der Waals surface area contributed by atoms with Crippen LogP contribution in [0.5, 0.6) is 0 Å². The lowest BCUT2D eigenvalue weighted by molar-refractivity contribution is 0.571. The second-order valence-corrected chi connectivity index (χ2v) is 5.03. The molecule has 4 heteroatoms. The van der Waals surface area contributed by atoms with Crippen LogP contribution in [0.1, 0.15) is 17.7 Å². The van der Waals surface area contributed by atoms with Crippen LogP contribution in [0.25, 0.3) is 5.65 Å². The Hall–Kier alpha value is -1.68. The first-order valence-corrected chi connectivity index (χ1v) is 6.42. The SMILES string of the molecule is Cc1cccn2c(=O)cc(CC3CCNC3)nc12. The fourth-order valence-corrected chi connectivity index (χ4v) is 2.60. The van der Waals surface area contributed by atoms with Gasteiger partial charge in [-0.25, -0.2) is 4.98 Å². The minimum Gasteiger partial charge on any atom is -0.316 e. The van der Waals surface area contributed by atoms with E-state index in [1.54, 1.807) is 16.7 Å². The maximum Gasteiger partial charge on any atom is 0.258 e. The summed E-state index contributed by atoms with van der Waals surface area (Å²) >= 11 is 0. The summed E-state index contributed by atoms with van der Waals surface area (Å²) < 4.78 is 1.62. The Morgan fingerprint density at radius 1 is 1.56 bits per heavy atom. The molecular formula is C14H17N3O. The lowest BCUT2D eigenvalue weighted by Gasteiger charge is -2.09. The Kier molecular flexibility index (Phi) is 2.88. The molecule has 94 valence electrons. The first-order valence-electron chi connectivity index (χ1n) is 6.42. The van der Waals surface area contributed by atoms with Gasteiger partial charge in [-0.15, -0.1) is 0 Å².